The molecule has 1 aliphatic carbocycles. The van der Waals surface area contributed by atoms with Crippen molar-refractivity contribution in [1.82, 2.24) is 5.01 Å². The summed E-state index contributed by atoms with van der Waals surface area (Å²) in [7, 11) is 0. The number of para-hydroxylation sites is 1. The van der Waals surface area contributed by atoms with Gasteiger partial charge in [-0.25, -0.2) is 5.01 Å². The molecule has 0 bridgehead atoms. The van der Waals surface area contributed by atoms with E-state index in [9.17, 15) is 5.11 Å². The lowest BCUT2D eigenvalue weighted by Gasteiger charge is -2.47. The van der Waals surface area contributed by atoms with E-state index in [1.165, 1.54) is 11.1 Å². The van der Waals surface area contributed by atoms with Gasteiger partial charge in [-0.3, -0.25) is 0 Å². The lowest BCUT2D eigenvalue weighted by Crippen LogP contribution is -2.53. The normalized spacial score (nSPS) is 26.7. The molecule has 5 rings (SSSR count). The van der Waals surface area contributed by atoms with Crippen LogP contribution in [0.2, 0.25) is 0 Å². The number of aliphatic hydroxyl groups is 1. The summed E-state index contributed by atoms with van der Waals surface area (Å²) in [6.45, 7) is 2.10. The number of hydrogen-bond donors (Lipinski definition) is 1. The summed E-state index contributed by atoms with van der Waals surface area (Å²) >= 11 is 0. The molecule has 132 valence electrons. The second-order valence-electron chi connectivity index (χ2n) is 7.45. The maximum atomic E-state index is 10.2. The highest BCUT2D eigenvalue weighted by molar-refractivity contribution is 6.02. The lowest BCUT2D eigenvalue weighted by molar-refractivity contribution is -0.0944. The van der Waals surface area contributed by atoms with E-state index in [2.05, 4.69) is 48.3 Å². The number of ether oxygens (including phenoxy) is 1. The summed E-state index contributed by atoms with van der Waals surface area (Å²) in [5.41, 5.74) is 3.96. The Kier molecular flexibility index (Phi) is 3.36. The van der Waals surface area contributed by atoms with Crippen molar-refractivity contribution in [2.45, 2.75) is 44.4 Å². The third kappa shape index (κ3) is 2.32. The molecule has 3 aliphatic rings. The number of hydrogen-bond acceptors (Lipinski definition) is 4. The van der Waals surface area contributed by atoms with Gasteiger partial charge in [0, 0.05) is 30.9 Å². The molecule has 4 heteroatoms. The Morgan fingerprint density at radius 2 is 1.96 bits per heavy atom. The molecule has 0 saturated heterocycles. The number of fused-ring (bicyclic) bond motifs is 4. The summed E-state index contributed by atoms with van der Waals surface area (Å²) in [5.74, 6) is 1.30. The quantitative estimate of drug-likeness (QED) is 0.802. The van der Waals surface area contributed by atoms with Crippen LogP contribution in [0, 0.1) is 6.92 Å². The van der Waals surface area contributed by atoms with E-state index < -0.39 is 5.72 Å². The minimum atomic E-state index is -0.687. The van der Waals surface area contributed by atoms with E-state index in [1.807, 2.05) is 18.2 Å². The maximum Gasteiger partial charge on any atom is 0.220 e. The van der Waals surface area contributed by atoms with Crippen LogP contribution in [0.15, 0.2) is 65.5 Å². The number of aryl methyl sites for hydroxylation is 1. The van der Waals surface area contributed by atoms with Gasteiger partial charge >= 0.3 is 0 Å². The van der Waals surface area contributed by atoms with Gasteiger partial charge < -0.3 is 9.84 Å². The second kappa shape index (κ2) is 5.63. The molecule has 0 radical (unpaired) electrons. The highest BCUT2D eigenvalue weighted by atomic mass is 16.5. The molecule has 4 nitrogen and oxygen atoms in total. The van der Waals surface area contributed by atoms with E-state index in [0.717, 1.165) is 36.3 Å². The lowest BCUT2D eigenvalue weighted by atomic mass is 9.90. The topological polar surface area (TPSA) is 45.1 Å². The average molecular weight is 346 g/mol. The van der Waals surface area contributed by atoms with Crippen molar-refractivity contribution >= 4 is 5.71 Å². The standard InChI is InChI=1S/C22H22N2O2/c1-15-8-10-16(11-9-15)19-13-20-18-6-2-3-7-21(18)26-22(24(20)23-19)12-4-5-17(25)14-22/h2-3,6-11,14,20,25H,4-5,12-13H2,1H3/t20-,22+/m0/s1. The van der Waals surface area contributed by atoms with Crippen LogP contribution in [-0.2, 0) is 0 Å². The predicted octanol–water partition coefficient (Wildman–Crippen LogP) is 4.86. The number of hydrazone groups is 1. The van der Waals surface area contributed by atoms with Crippen LogP contribution in [0.1, 0.15) is 48.4 Å². The molecule has 2 aromatic rings. The van der Waals surface area contributed by atoms with E-state index in [1.54, 1.807) is 0 Å². The Balaban J connectivity index is 1.63. The highest BCUT2D eigenvalue weighted by Crippen LogP contribution is 2.50. The van der Waals surface area contributed by atoms with E-state index in [-0.39, 0.29) is 6.04 Å². The fraction of sp³-hybridized carbons (Fsp3) is 0.318. The zero-order valence-corrected chi connectivity index (χ0v) is 14.9. The highest BCUT2D eigenvalue weighted by Gasteiger charge is 2.50. The van der Waals surface area contributed by atoms with Crippen molar-refractivity contribution in [3.63, 3.8) is 0 Å². The van der Waals surface area contributed by atoms with E-state index in [4.69, 9.17) is 9.84 Å². The fourth-order valence-electron chi connectivity index (χ4n) is 4.30. The summed E-state index contributed by atoms with van der Waals surface area (Å²) in [4.78, 5) is 0. The van der Waals surface area contributed by atoms with Crippen LogP contribution in [0.25, 0.3) is 0 Å². The zero-order chi connectivity index (χ0) is 17.7. The first kappa shape index (κ1) is 15.5. The van der Waals surface area contributed by atoms with Crippen molar-refractivity contribution in [3.05, 3.63) is 77.1 Å². The van der Waals surface area contributed by atoms with Crippen molar-refractivity contribution < 1.29 is 9.84 Å². The molecule has 1 N–H and O–H groups in total. The Bertz CT molecular complexity index is 916. The molecule has 2 aliphatic heterocycles. The molecule has 0 aromatic heterocycles. The molecular weight excluding hydrogens is 324 g/mol. The van der Waals surface area contributed by atoms with E-state index in [0.29, 0.717) is 12.2 Å². The summed E-state index contributed by atoms with van der Waals surface area (Å²) < 4.78 is 6.43. The van der Waals surface area contributed by atoms with Crippen LogP contribution in [-0.4, -0.2) is 21.6 Å². The van der Waals surface area contributed by atoms with Crippen molar-refractivity contribution in [3.8, 4) is 5.75 Å². The van der Waals surface area contributed by atoms with Crippen LogP contribution in [0.4, 0.5) is 0 Å². The molecule has 0 amide bonds. The van der Waals surface area contributed by atoms with Gasteiger partial charge in [-0.2, -0.15) is 5.10 Å². The molecule has 0 unspecified atom stereocenters. The predicted molar refractivity (Wildman–Crippen MR) is 101 cm³/mol. The number of benzene rings is 2. The van der Waals surface area contributed by atoms with Gasteiger partial charge in [-0.05, 0) is 25.0 Å². The summed E-state index contributed by atoms with van der Waals surface area (Å²) in [5, 5.41) is 17.3. The third-order valence-electron chi connectivity index (χ3n) is 5.61. The summed E-state index contributed by atoms with van der Waals surface area (Å²) in [6.07, 6.45) is 5.14. The van der Waals surface area contributed by atoms with Crippen molar-refractivity contribution in [2.75, 3.05) is 0 Å². The monoisotopic (exact) mass is 346 g/mol. The maximum absolute atomic E-state index is 10.2. The molecule has 1 spiro atoms. The van der Waals surface area contributed by atoms with Gasteiger partial charge in [0.25, 0.3) is 0 Å². The van der Waals surface area contributed by atoms with Gasteiger partial charge in [0.1, 0.15) is 5.75 Å². The molecule has 0 saturated carbocycles. The number of aliphatic hydroxyl groups excluding tert-OH is 1. The first-order valence-corrected chi connectivity index (χ1v) is 9.27. The Labute approximate surface area is 153 Å². The minimum absolute atomic E-state index is 0.137. The van der Waals surface area contributed by atoms with Gasteiger partial charge in [0.2, 0.25) is 5.72 Å². The van der Waals surface area contributed by atoms with Crippen molar-refractivity contribution in [1.29, 1.82) is 0 Å². The molecule has 26 heavy (non-hydrogen) atoms. The third-order valence-corrected chi connectivity index (χ3v) is 5.61. The molecular formula is C22H22N2O2. The van der Waals surface area contributed by atoms with Gasteiger partial charge in [0.05, 0.1) is 17.5 Å². The minimum Gasteiger partial charge on any atom is -0.512 e. The largest absolute Gasteiger partial charge is 0.512 e. The second-order valence-corrected chi connectivity index (χ2v) is 7.45. The van der Waals surface area contributed by atoms with Crippen LogP contribution < -0.4 is 4.74 Å². The first-order valence-electron chi connectivity index (χ1n) is 9.27. The van der Waals surface area contributed by atoms with Crippen LogP contribution in [0.5, 0.6) is 5.75 Å². The van der Waals surface area contributed by atoms with Gasteiger partial charge in [-0.1, -0.05) is 48.0 Å². The molecule has 2 heterocycles. The molecule has 2 atom stereocenters. The van der Waals surface area contributed by atoms with Crippen LogP contribution >= 0.6 is 0 Å². The first-order chi connectivity index (χ1) is 12.6. The fourth-order valence-corrected chi connectivity index (χ4v) is 4.30. The number of allylic oxidation sites excluding steroid dienone is 1. The van der Waals surface area contributed by atoms with Crippen molar-refractivity contribution in [2.24, 2.45) is 5.10 Å². The zero-order valence-electron chi connectivity index (χ0n) is 14.9. The molecule has 2 aromatic carbocycles. The summed E-state index contributed by atoms with van der Waals surface area (Å²) in [6, 6.07) is 16.9. The van der Waals surface area contributed by atoms with Gasteiger partial charge in [0.15, 0.2) is 0 Å². The smallest absolute Gasteiger partial charge is 0.220 e. The Morgan fingerprint density at radius 3 is 2.77 bits per heavy atom. The molecule has 0 fully saturated rings. The van der Waals surface area contributed by atoms with Crippen LogP contribution in [0.3, 0.4) is 0 Å². The number of rotatable bonds is 1. The van der Waals surface area contributed by atoms with Gasteiger partial charge in [-0.15, -0.1) is 0 Å². The number of nitrogens with zero attached hydrogens (tertiary/aromatic N) is 2. The van der Waals surface area contributed by atoms with E-state index >= 15 is 0 Å². The SMILES string of the molecule is Cc1ccc(C2=NN3[C@@H](C2)c2ccccc2O[C@]32C=C(O)CCC2)cc1. The Morgan fingerprint density at radius 1 is 1.15 bits per heavy atom. The average Bonchev–Trinajstić information content (AvgIpc) is 3.09. The Hall–Kier alpha value is -2.75.